The van der Waals surface area contributed by atoms with Gasteiger partial charge >= 0.3 is 0 Å². The van der Waals surface area contributed by atoms with E-state index < -0.39 is 22.5 Å². The van der Waals surface area contributed by atoms with Gasteiger partial charge in [0.2, 0.25) is 5.91 Å². The molecule has 0 saturated heterocycles. The second-order valence-corrected chi connectivity index (χ2v) is 12.3. The summed E-state index contributed by atoms with van der Waals surface area (Å²) in [4.78, 5) is 26.7. The van der Waals surface area contributed by atoms with Crippen molar-refractivity contribution in [3.63, 3.8) is 0 Å². The summed E-state index contributed by atoms with van der Waals surface area (Å²) in [5, 5.41) is 5.65. The number of carbonyl (C=O) groups is 2. The highest BCUT2D eigenvalue weighted by molar-refractivity contribution is 7.92. The van der Waals surface area contributed by atoms with E-state index in [-0.39, 0.29) is 22.1 Å². The highest BCUT2D eigenvalue weighted by Crippen LogP contribution is 2.29. The Hall–Kier alpha value is -4.83. The van der Waals surface area contributed by atoms with Gasteiger partial charge in [-0.3, -0.25) is 13.9 Å². The summed E-state index contributed by atoms with van der Waals surface area (Å²) in [6, 6.07) is 24.1. The number of nitrogens with zero attached hydrogens (tertiary/aromatic N) is 1. The van der Waals surface area contributed by atoms with Gasteiger partial charge in [0, 0.05) is 6.54 Å². The number of anilines is 2. The van der Waals surface area contributed by atoms with Gasteiger partial charge in [-0.15, -0.1) is 0 Å². The molecule has 0 aromatic heterocycles. The third-order valence-electron chi connectivity index (χ3n) is 7.12. The minimum Gasteiger partial charge on any atom is -0.493 e. The van der Waals surface area contributed by atoms with Gasteiger partial charge in [0.15, 0.2) is 11.5 Å². The van der Waals surface area contributed by atoms with Crippen molar-refractivity contribution < 1.29 is 27.5 Å². The summed E-state index contributed by atoms with van der Waals surface area (Å²) < 4.78 is 39.4. The lowest BCUT2D eigenvalue weighted by molar-refractivity contribution is -0.114. The first-order valence-corrected chi connectivity index (χ1v) is 15.5. The van der Waals surface area contributed by atoms with E-state index >= 15 is 0 Å². The van der Waals surface area contributed by atoms with Crippen LogP contribution >= 0.6 is 0 Å². The average Bonchev–Trinajstić information content (AvgIpc) is 3.01. The highest BCUT2D eigenvalue weighted by atomic mass is 32.2. The first-order valence-electron chi connectivity index (χ1n) is 14.1. The summed E-state index contributed by atoms with van der Waals surface area (Å²) >= 11 is 0. The molecule has 0 aliphatic rings. The van der Waals surface area contributed by atoms with Crippen molar-refractivity contribution in [1.82, 2.24) is 5.32 Å². The van der Waals surface area contributed by atoms with E-state index in [1.165, 1.54) is 12.1 Å². The van der Waals surface area contributed by atoms with Gasteiger partial charge in [-0.25, -0.2) is 8.42 Å². The van der Waals surface area contributed by atoms with Crippen LogP contribution < -0.4 is 24.4 Å². The highest BCUT2D eigenvalue weighted by Gasteiger charge is 2.29. The van der Waals surface area contributed by atoms with Gasteiger partial charge in [0.1, 0.15) is 6.54 Å². The van der Waals surface area contributed by atoms with Gasteiger partial charge < -0.3 is 20.1 Å². The van der Waals surface area contributed by atoms with Crippen molar-refractivity contribution in [3.8, 4) is 11.5 Å². The van der Waals surface area contributed by atoms with Crippen LogP contribution in [0.15, 0.2) is 89.8 Å². The van der Waals surface area contributed by atoms with Gasteiger partial charge in [0.25, 0.3) is 15.9 Å². The molecule has 2 amide bonds. The van der Waals surface area contributed by atoms with Gasteiger partial charge in [-0.2, -0.15) is 0 Å². The molecule has 0 radical (unpaired) electrons. The molecular weight excluding hydrogens is 578 g/mol. The fourth-order valence-electron chi connectivity index (χ4n) is 4.69. The maximum absolute atomic E-state index is 13.8. The Labute approximate surface area is 258 Å². The van der Waals surface area contributed by atoms with Crippen LogP contribution in [0.3, 0.4) is 0 Å². The smallest absolute Gasteiger partial charge is 0.264 e. The largest absolute Gasteiger partial charge is 0.493 e. The first kappa shape index (κ1) is 32.1. The minimum absolute atomic E-state index is 0.0751. The average molecular weight is 616 g/mol. The van der Waals surface area contributed by atoms with Crippen LogP contribution in [0.25, 0.3) is 0 Å². The molecule has 2 N–H and O–H groups in total. The van der Waals surface area contributed by atoms with Crippen LogP contribution in [-0.2, 0) is 21.2 Å². The quantitative estimate of drug-likeness (QED) is 0.220. The maximum atomic E-state index is 13.8. The molecule has 44 heavy (non-hydrogen) atoms. The van der Waals surface area contributed by atoms with Crippen molar-refractivity contribution >= 4 is 33.2 Å². The van der Waals surface area contributed by atoms with Crippen molar-refractivity contribution in [2.75, 3.05) is 36.9 Å². The fraction of sp³-hybridized carbons (Fsp3) is 0.235. The number of sulfonamides is 1. The number of rotatable bonds is 12. The van der Waals surface area contributed by atoms with Crippen LogP contribution in [0.1, 0.15) is 32.6 Å². The molecule has 0 spiro atoms. The van der Waals surface area contributed by atoms with E-state index in [2.05, 4.69) is 10.6 Å². The normalized spacial score (nSPS) is 11.0. The number of nitrogens with one attached hydrogen (secondary N) is 2. The molecule has 0 fully saturated rings. The standard InChI is InChI=1S/C34H37N3O6S/c1-23-11-15-27(16-12-23)44(40,41)37(30-20-24(2)10-13-25(30)3)22-33(38)36-29-9-7-6-8-28(29)34(39)35-19-18-26-14-17-31(42-4)32(21-26)43-5/h6-17,20-21H,18-19,22H2,1-5H3,(H,35,39)(H,36,38). The van der Waals surface area contributed by atoms with Crippen molar-refractivity contribution in [3.05, 3.63) is 113 Å². The Kier molecular flexibility index (Phi) is 10.3. The Morgan fingerprint density at radius 2 is 1.48 bits per heavy atom. The van der Waals surface area contributed by atoms with E-state index in [1.54, 1.807) is 69.7 Å². The van der Waals surface area contributed by atoms with E-state index in [9.17, 15) is 18.0 Å². The van der Waals surface area contributed by atoms with Gasteiger partial charge in [-0.1, -0.05) is 48.0 Å². The van der Waals surface area contributed by atoms with Crippen molar-refractivity contribution in [1.29, 1.82) is 0 Å². The third kappa shape index (κ3) is 7.57. The summed E-state index contributed by atoms with van der Waals surface area (Å²) in [5.41, 5.74) is 4.35. The van der Waals surface area contributed by atoms with E-state index in [0.717, 1.165) is 21.0 Å². The number of para-hydroxylation sites is 1. The number of methoxy groups -OCH3 is 2. The van der Waals surface area contributed by atoms with Crippen LogP contribution in [0, 0.1) is 20.8 Å². The monoisotopic (exact) mass is 615 g/mol. The lowest BCUT2D eigenvalue weighted by atomic mass is 10.1. The van der Waals surface area contributed by atoms with Crippen LogP contribution in [0.5, 0.6) is 11.5 Å². The lowest BCUT2D eigenvalue weighted by Gasteiger charge is -2.26. The molecule has 230 valence electrons. The number of amides is 2. The topological polar surface area (TPSA) is 114 Å². The SMILES string of the molecule is COc1ccc(CCNC(=O)c2ccccc2NC(=O)CN(c2cc(C)ccc2C)S(=O)(=O)c2ccc(C)cc2)cc1OC. The zero-order valence-electron chi connectivity index (χ0n) is 25.5. The summed E-state index contributed by atoms with van der Waals surface area (Å²) in [6.07, 6.45) is 0.544. The van der Waals surface area contributed by atoms with Crippen LogP contribution in [0.4, 0.5) is 11.4 Å². The zero-order valence-corrected chi connectivity index (χ0v) is 26.3. The first-order chi connectivity index (χ1) is 21.0. The van der Waals surface area contributed by atoms with Crippen molar-refractivity contribution in [2.24, 2.45) is 0 Å². The van der Waals surface area contributed by atoms with Crippen LogP contribution in [0.2, 0.25) is 0 Å². The second kappa shape index (κ2) is 14.1. The number of benzene rings is 4. The molecule has 0 unspecified atom stereocenters. The van der Waals surface area contributed by atoms with E-state index in [0.29, 0.717) is 35.7 Å². The van der Waals surface area contributed by atoms with Gasteiger partial charge in [-0.05, 0) is 86.3 Å². The number of hydrogen-bond acceptors (Lipinski definition) is 6. The molecule has 4 aromatic rings. The lowest BCUT2D eigenvalue weighted by Crippen LogP contribution is -2.39. The Balaban J connectivity index is 1.52. The fourth-order valence-corrected chi connectivity index (χ4v) is 6.16. The molecule has 0 atom stereocenters. The summed E-state index contributed by atoms with van der Waals surface area (Å²) in [5.74, 6) is 0.253. The van der Waals surface area contributed by atoms with E-state index in [1.807, 2.05) is 38.1 Å². The van der Waals surface area contributed by atoms with Crippen LogP contribution in [-0.4, -0.2) is 47.5 Å². The predicted octanol–water partition coefficient (Wildman–Crippen LogP) is 5.44. The second-order valence-electron chi connectivity index (χ2n) is 10.4. The Morgan fingerprint density at radius 3 is 2.18 bits per heavy atom. The van der Waals surface area contributed by atoms with E-state index in [4.69, 9.17) is 9.47 Å². The predicted molar refractivity (Wildman–Crippen MR) is 172 cm³/mol. The molecule has 4 rings (SSSR count). The molecule has 0 bridgehead atoms. The molecule has 0 saturated carbocycles. The molecule has 0 aliphatic carbocycles. The maximum Gasteiger partial charge on any atom is 0.264 e. The number of aryl methyl sites for hydroxylation is 3. The molecule has 10 heteroatoms. The number of ether oxygens (including phenoxy) is 2. The Morgan fingerprint density at radius 1 is 0.795 bits per heavy atom. The molecule has 9 nitrogen and oxygen atoms in total. The number of hydrogen-bond donors (Lipinski definition) is 2. The zero-order chi connectivity index (χ0) is 31.9. The van der Waals surface area contributed by atoms with Crippen molar-refractivity contribution in [2.45, 2.75) is 32.1 Å². The summed E-state index contributed by atoms with van der Waals surface area (Å²) in [6.45, 7) is 5.38. The molecule has 4 aromatic carbocycles. The number of carbonyl (C=O) groups excluding carboxylic acids is 2. The molecule has 0 aliphatic heterocycles. The summed E-state index contributed by atoms with van der Waals surface area (Å²) in [7, 11) is -0.965. The Bertz CT molecular complexity index is 1750. The molecule has 0 heterocycles. The van der Waals surface area contributed by atoms with Gasteiger partial charge in [0.05, 0.1) is 36.1 Å². The third-order valence-corrected chi connectivity index (χ3v) is 8.90. The minimum atomic E-state index is -4.10. The molecular formula is C34H37N3O6S.